The summed E-state index contributed by atoms with van der Waals surface area (Å²) in [7, 11) is 0. The summed E-state index contributed by atoms with van der Waals surface area (Å²) in [6, 6.07) is 49.4. The average molecular weight is 632 g/mol. The zero-order valence-corrected chi connectivity index (χ0v) is 28.6. The molecule has 0 spiro atoms. The van der Waals surface area contributed by atoms with Crippen molar-refractivity contribution in [3.63, 3.8) is 0 Å². The molecule has 1 heterocycles. The van der Waals surface area contributed by atoms with Gasteiger partial charge >= 0.3 is 0 Å². The Kier molecular flexibility index (Phi) is 5.65. The summed E-state index contributed by atoms with van der Waals surface area (Å²) in [5, 5.41) is 4.61. The minimum atomic E-state index is -0.113. The van der Waals surface area contributed by atoms with Gasteiger partial charge in [-0.1, -0.05) is 131 Å². The number of hydrogen-bond donors (Lipinski definition) is 0. The van der Waals surface area contributed by atoms with Crippen molar-refractivity contribution in [3.05, 3.63) is 161 Å². The SMILES string of the molecule is Cc1cccc2oc3c4ccccc4c(N(c4ccc5c(c4)-c4ccccc4C5(C)C)c4cccc5c4-c4ccccc4C5(C)C)cc3c12. The molecule has 236 valence electrons. The number of hydrogen-bond acceptors (Lipinski definition) is 2. The van der Waals surface area contributed by atoms with Crippen molar-refractivity contribution in [2.45, 2.75) is 45.4 Å². The van der Waals surface area contributed by atoms with E-state index < -0.39 is 0 Å². The normalized spacial score (nSPS) is 15.0. The molecule has 2 aliphatic rings. The highest BCUT2D eigenvalue weighted by atomic mass is 16.3. The summed E-state index contributed by atoms with van der Waals surface area (Å²) in [5.74, 6) is 0. The fraction of sp³-hybridized carbons (Fsp3) is 0.149. The van der Waals surface area contributed by atoms with Crippen molar-refractivity contribution in [1.29, 1.82) is 0 Å². The molecular weight excluding hydrogens is 595 g/mol. The standard InChI is InChI=1S/C47H37NO/c1-28-14-12-23-42-43(28)35-27-41(31-16-6-7-17-32(31)45(35)49-42)48(29-24-25-38-34(26-29)30-15-8-10-19-36(30)46(38,2)3)40-22-13-21-39-44(40)33-18-9-11-20-37(33)47(39,4)5/h6-27H,1-5H3. The monoisotopic (exact) mass is 631 g/mol. The van der Waals surface area contributed by atoms with E-state index in [9.17, 15) is 0 Å². The molecule has 10 rings (SSSR count). The molecule has 49 heavy (non-hydrogen) atoms. The molecule has 0 fully saturated rings. The average Bonchev–Trinajstić information content (AvgIpc) is 3.70. The summed E-state index contributed by atoms with van der Waals surface area (Å²) < 4.78 is 6.64. The third kappa shape index (κ3) is 3.72. The Hall–Kier alpha value is -5.60. The van der Waals surface area contributed by atoms with Crippen molar-refractivity contribution in [2.75, 3.05) is 4.90 Å². The summed E-state index contributed by atoms with van der Waals surface area (Å²) >= 11 is 0. The first-order valence-corrected chi connectivity index (χ1v) is 17.4. The van der Waals surface area contributed by atoms with Crippen LogP contribution in [0, 0.1) is 6.92 Å². The van der Waals surface area contributed by atoms with Gasteiger partial charge < -0.3 is 9.32 Å². The molecule has 0 radical (unpaired) electrons. The van der Waals surface area contributed by atoms with E-state index in [1.165, 1.54) is 61.1 Å². The number of furan rings is 1. The molecule has 2 aliphatic carbocycles. The first-order valence-electron chi connectivity index (χ1n) is 17.4. The molecule has 1 aromatic heterocycles. The molecule has 0 unspecified atom stereocenters. The van der Waals surface area contributed by atoms with Gasteiger partial charge in [-0.25, -0.2) is 0 Å². The topological polar surface area (TPSA) is 16.4 Å². The van der Waals surface area contributed by atoms with Crippen molar-refractivity contribution in [2.24, 2.45) is 0 Å². The quantitative estimate of drug-likeness (QED) is 0.193. The molecule has 2 nitrogen and oxygen atoms in total. The number of benzene rings is 7. The molecule has 7 aromatic carbocycles. The molecular formula is C47H37NO. The predicted octanol–water partition coefficient (Wildman–Crippen LogP) is 13.1. The van der Waals surface area contributed by atoms with E-state index in [-0.39, 0.29) is 10.8 Å². The molecule has 0 amide bonds. The number of rotatable bonds is 3. The summed E-state index contributed by atoms with van der Waals surface area (Å²) in [5.41, 5.74) is 17.1. The summed E-state index contributed by atoms with van der Waals surface area (Å²) in [4.78, 5) is 2.53. The lowest BCUT2D eigenvalue weighted by Crippen LogP contribution is -2.17. The Bertz CT molecular complexity index is 2690. The fourth-order valence-electron chi connectivity index (χ4n) is 9.17. The minimum absolute atomic E-state index is 0.0644. The van der Waals surface area contributed by atoms with E-state index in [4.69, 9.17) is 4.42 Å². The number of aryl methyl sites for hydroxylation is 1. The van der Waals surface area contributed by atoms with Crippen LogP contribution >= 0.6 is 0 Å². The fourth-order valence-corrected chi connectivity index (χ4v) is 9.17. The van der Waals surface area contributed by atoms with Gasteiger partial charge in [-0.2, -0.15) is 0 Å². The van der Waals surface area contributed by atoms with Crippen molar-refractivity contribution in [1.82, 2.24) is 0 Å². The molecule has 8 aromatic rings. The zero-order valence-electron chi connectivity index (χ0n) is 28.6. The largest absolute Gasteiger partial charge is 0.455 e. The molecule has 0 saturated heterocycles. The second-order valence-electron chi connectivity index (χ2n) is 15.0. The Morgan fingerprint density at radius 3 is 1.94 bits per heavy atom. The Balaban J connectivity index is 1.34. The van der Waals surface area contributed by atoms with Crippen LogP contribution in [0.25, 0.3) is 55.0 Å². The van der Waals surface area contributed by atoms with Crippen LogP contribution in [0.3, 0.4) is 0 Å². The van der Waals surface area contributed by atoms with Crippen LogP contribution < -0.4 is 4.90 Å². The van der Waals surface area contributed by atoms with Crippen LogP contribution in [0.2, 0.25) is 0 Å². The third-order valence-corrected chi connectivity index (χ3v) is 11.6. The first-order chi connectivity index (χ1) is 23.7. The van der Waals surface area contributed by atoms with Crippen LogP contribution in [0.1, 0.15) is 55.5 Å². The molecule has 0 saturated carbocycles. The van der Waals surface area contributed by atoms with Crippen LogP contribution in [0.5, 0.6) is 0 Å². The lowest BCUT2D eigenvalue weighted by Gasteiger charge is -2.31. The lowest BCUT2D eigenvalue weighted by molar-refractivity contribution is 0.660. The Labute approximate surface area is 287 Å². The Morgan fingerprint density at radius 2 is 1.12 bits per heavy atom. The van der Waals surface area contributed by atoms with E-state index in [0.717, 1.165) is 38.7 Å². The lowest BCUT2D eigenvalue weighted by atomic mass is 9.82. The third-order valence-electron chi connectivity index (χ3n) is 11.6. The van der Waals surface area contributed by atoms with Gasteiger partial charge in [0, 0.05) is 43.6 Å². The first kappa shape index (κ1) is 28.4. The number of nitrogens with zero attached hydrogens (tertiary/aromatic N) is 1. The van der Waals surface area contributed by atoms with Crippen molar-refractivity contribution >= 4 is 49.8 Å². The van der Waals surface area contributed by atoms with Crippen molar-refractivity contribution < 1.29 is 4.42 Å². The Morgan fingerprint density at radius 1 is 0.490 bits per heavy atom. The van der Waals surface area contributed by atoms with E-state index >= 15 is 0 Å². The molecule has 2 heteroatoms. The molecule has 0 N–H and O–H groups in total. The van der Waals surface area contributed by atoms with Crippen LogP contribution in [-0.2, 0) is 10.8 Å². The van der Waals surface area contributed by atoms with Gasteiger partial charge in [0.05, 0.1) is 11.4 Å². The van der Waals surface area contributed by atoms with E-state index in [1.807, 2.05) is 0 Å². The minimum Gasteiger partial charge on any atom is -0.455 e. The second kappa shape index (κ2) is 9.74. The van der Waals surface area contributed by atoms with Crippen LogP contribution in [-0.4, -0.2) is 0 Å². The highest BCUT2D eigenvalue weighted by molar-refractivity contribution is 6.20. The van der Waals surface area contributed by atoms with Gasteiger partial charge in [-0.05, 0) is 81.8 Å². The highest BCUT2D eigenvalue weighted by Crippen LogP contribution is 2.56. The maximum Gasteiger partial charge on any atom is 0.143 e. The van der Waals surface area contributed by atoms with E-state index in [1.54, 1.807) is 0 Å². The van der Waals surface area contributed by atoms with Gasteiger partial charge in [0.2, 0.25) is 0 Å². The van der Waals surface area contributed by atoms with Gasteiger partial charge in [0.25, 0.3) is 0 Å². The summed E-state index contributed by atoms with van der Waals surface area (Å²) in [6.45, 7) is 11.6. The van der Waals surface area contributed by atoms with Crippen LogP contribution in [0.15, 0.2) is 138 Å². The van der Waals surface area contributed by atoms with Gasteiger partial charge in [0.1, 0.15) is 11.2 Å². The van der Waals surface area contributed by atoms with Gasteiger partial charge in [0.15, 0.2) is 0 Å². The van der Waals surface area contributed by atoms with E-state index in [0.29, 0.717) is 0 Å². The number of anilines is 3. The van der Waals surface area contributed by atoms with Gasteiger partial charge in [-0.3, -0.25) is 0 Å². The maximum absolute atomic E-state index is 6.64. The highest BCUT2D eigenvalue weighted by Gasteiger charge is 2.39. The van der Waals surface area contributed by atoms with Gasteiger partial charge in [-0.15, -0.1) is 0 Å². The molecule has 0 bridgehead atoms. The van der Waals surface area contributed by atoms with E-state index in [2.05, 4.69) is 173 Å². The summed E-state index contributed by atoms with van der Waals surface area (Å²) in [6.07, 6.45) is 0. The zero-order chi connectivity index (χ0) is 33.2. The molecule has 0 aliphatic heterocycles. The van der Waals surface area contributed by atoms with Crippen LogP contribution in [0.4, 0.5) is 17.1 Å². The smallest absolute Gasteiger partial charge is 0.143 e. The number of fused-ring (bicyclic) bond motifs is 11. The predicted molar refractivity (Wildman–Crippen MR) is 206 cm³/mol. The second-order valence-corrected chi connectivity index (χ2v) is 15.0. The van der Waals surface area contributed by atoms with Crippen molar-refractivity contribution in [3.8, 4) is 22.3 Å². The molecule has 0 atom stereocenters. The maximum atomic E-state index is 6.64.